The molecule has 0 fully saturated rings. The van der Waals surface area contributed by atoms with Crippen molar-refractivity contribution in [2.45, 2.75) is 29.7 Å². The molecule has 0 saturated heterocycles. The molecule has 0 aliphatic heterocycles. The highest BCUT2D eigenvalue weighted by molar-refractivity contribution is 15.0. The summed E-state index contributed by atoms with van der Waals surface area (Å²) in [5.74, 6) is 0. The largest absolute Gasteiger partial charge is 0.0776 e. The highest BCUT2D eigenvalue weighted by Crippen LogP contribution is 1.89. The van der Waals surface area contributed by atoms with Crippen LogP contribution in [0.1, 0.15) is 29.7 Å². The molecule has 8 heavy (non-hydrogen) atoms. The summed E-state index contributed by atoms with van der Waals surface area (Å²) in [6.45, 7) is 0. The molecule has 58 valence electrons. The zero-order valence-corrected chi connectivity index (χ0v) is 7.52. The Morgan fingerprint density at radius 2 is 0.625 bits per heavy atom. The molecule has 0 aliphatic rings. The molecule has 0 nitrogen and oxygen atoms in total. The minimum Gasteiger partial charge on any atom is -0.0776 e. The van der Waals surface area contributed by atoms with Crippen LogP contribution < -0.4 is 0 Å². The third-order valence-corrected chi connectivity index (χ3v) is 0. The van der Waals surface area contributed by atoms with Crippen molar-refractivity contribution in [1.29, 1.82) is 0 Å². The Bertz CT molecular complexity index is 12.0. The molecule has 4 heteroatoms. The highest BCUT2D eigenvalue weighted by atomic mass is 128. The standard InChI is InChI=1S/4CH4.I2.S2/c;;;;2*1-2/h4*1H4;;. The fourth-order valence-corrected chi connectivity index (χ4v) is 0. The molecule has 0 aromatic carbocycles. The lowest BCUT2D eigenvalue weighted by molar-refractivity contribution is 2.50. The maximum absolute atomic E-state index is 3.67. The molecule has 0 bridgehead atoms. The number of rotatable bonds is 0. The maximum atomic E-state index is 3.67. The fraction of sp³-hybridized carbons (Fsp3) is 1.00. The molecule has 0 atom stereocenters. The van der Waals surface area contributed by atoms with Crippen molar-refractivity contribution in [1.82, 2.24) is 0 Å². The van der Waals surface area contributed by atoms with Crippen LogP contribution in [0.4, 0.5) is 0 Å². The van der Waals surface area contributed by atoms with Gasteiger partial charge in [0, 0.05) is 59.6 Å². The lowest BCUT2D eigenvalue weighted by Crippen LogP contribution is -0.710. The van der Waals surface area contributed by atoms with Gasteiger partial charge >= 0.3 is 0 Å². The topological polar surface area (TPSA) is 0 Å². The Labute approximate surface area is 88.2 Å². The molecule has 0 radical (unpaired) electrons. The lowest BCUT2D eigenvalue weighted by atomic mass is 12.0. The second kappa shape index (κ2) is 154. The summed E-state index contributed by atoms with van der Waals surface area (Å²) in [6, 6.07) is 0. The molecule has 0 aliphatic carbocycles. The van der Waals surface area contributed by atoms with Crippen molar-refractivity contribution in [3.63, 3.8) is 0 Å². The van der Waals surface area contributed by atoms with E-state index < -0.39 is 0 Å². The summed E-state index contributed by atoms with van der Waals surface area (Å²) in [7, 11) is 0. The molecule has 0 saturated carbocycles. The van der Waals surface area contributed by atoms with Crippen LogP contribution >= 0.6 is 37.2 Å². The van der Waals surface area contributed by atoms with Gasteiger partial charge in [-0.2, -0.15) is 0 Å². The van der Waals surface area contributed by atoms with Crippen molar-refractivity contribution in [2.24, 2.45) is 0 Å². The van der Waals surface area contributed by atoms with Gasteiger partial charge in [-0.25, -0.2) is 0 Å². The predicted octanol–water partition coefficient (Wildman–Crippen LogP) is 4.31. The molecular formula is C4H16I2S2. The zero-order valence-electron chi connectivity index (χ0n) is 1.57. The van der Waals surface area contributed by atoms with E-state index in [1.165, 1.54) is 0 Å². The van der Waals surface area contributed by atoms with Crippen molar-refractivity contribution in [3.05, 3.63) is 0 Å². The Balaban J connectivity index is -0.00000000167. The van der Waals surface area contributed by atoms with Gasteiger partial charge in [-0.1, -0.05) is 29.7 Å². The van der Waals surface area contributed by atoms with Gasteiger partial charge in [0.2, 0.25) is 0 Å². The van der Waals surface area contributed by atoms with E-state index in [2.05, 4.69) is 59.6 Å². The quantitative estimate of drug-likeness (QED) is 0.573. The van der Waals surface area contributed by atoms with E-state index in [1.54, 1.807) is 0 Å². The molecule has 0 amide bonds. The van der Waals surface area contributed by atoms with Gasteiger partial charge in [0.1, 0.15) is 0 Å². The first kappa shape index (κ1) is 51.6. The summed E-state index contributed by atoms with van der Waals surface area (Å²) in [4.78, 5) is 0. The third kappa shape index (κ3) is 104. The summed E-state index contributed by atoms with van der Waals surface area (Å²) >= 11 is 11.6. The van der Waals surface area contributed by atoms with Crippen molar-refractivity contribution in [3.8, 4) is 0 Å². The van der Waals surface area contributed by atoms with Crippen LogP contribution in [0.5, 0.6) is 0 Å². The van der Waals surface area contributed by atoms with Gasteiger partial charge in [-0.05, 0) is 0 Å². The average molecular weight is 382 g/mol. The van der Waals surface area contributed by atoms with Crippen molar-refractivity contribution in [2.75, 3.05) is 0 Å². The molecular weight excluding hydrogens is 366 g/mol. The van der Waals surface area contributed by atoms with Crippen LogP contribution in [-0.2, 0) is 22.4 Å². The Kier molecular flexibility index (Phi) is 992. The lowest BCUT2D eigenvalue weighted by Gasteiger charge is -1.00. The molecule has 0 aromatic heterocycles. The number of hydrogen-bond acceptors (Lipinski definition) is 2. The second-order valence-corrected chi connectivity index (χ2v) is 0. The minimum atomic E-state index is 0. The summed E-state index contributed by atoms with van der Waals surface area (Å²) in [6.07, 6.45) is 0. The molecule has 0 N–H and O–H groups in total. The third-order valence-electron chi connectivity index (χ3n) is 0. The average Bonchev–Trinajstić information content (AvgIpc) is 1.50. The molecule has 0 aromatic rings. The van der Waals surface area contributed by atoms with E-state index in [9.17, 15) is 0 Å². The molecule has 0 rings (SSSR count). The van der Waals surface area contributed by atoms with Crippen LogP contribution in [0, 0.1) is 0 Å². The normalized spacial score (nSPS) is 1.25. The highest BCUT2D eigenvalue weighted by Gasteiger charge is 1.00. The van der Waals surface area contributed by atoms with Crippen LogP contribution in [0.15, 0.2) is 0 Å². The smallest absolute Gasteiger partial charge is 0 e. The Morgan fingerprint density at radius 1 is 0.625 bits per heavy atom. The first-order chi connectivity index (χ1) is 2.00. The SMILES string of the molecule is C.C.C.C.II.S=S. The summed E-state index contributed by atoms with van der Waals surface area (Å²) in [5.41, 5.74) is 0. The van der Waals surface area contributed by atoms with Gasteiger partial charge in [0.15, 0.2) is 0 Å². The Hall–Kier alpha value is 1.90. The van der Waals surface area contributed by atoms with Crippen LogP contribution in [0.3, 0.4) is 0 Å². The number of halogens is 2. The van der Waals surface area contributed by atoms with E-state index in [0.29, 0.717) is 0 Å². The molecule has 0 heterocycles. The molecule has 0 unspecified atom stereocenters. The molecule has 0 spiro atoms. The van der Waals surface area contributed by atoms with Gasteiger partial charge in [0.25, 0.3) is 0 Å². The van der Waals surface area contributed by atoms with E-state index in [-0.39, 0.29) is 29.7 Å². The minimum absolute atomic E-state index is 0. The van der Waals surface area contributed by atoms with Gasteiger partial charge in [0.05, 0.1) is 0 Å². The second-order valence-electron chi connectivity index (χ2n) is 0. The summed E-state index contributed by atoms with van der Waals surface area (Å²) < 4.78 is 0. The van der Waals surface area contributed by atoms with Crippen LogP contribution in [0.2, 0.25) is 0 Å². The van der Waals surface area contributed by atoms with Gasteiger partial charge in [-0.15, -0.1) is 0 Å². The van der Waals surface area contributed by atoms with Crippen molar-refractivity contribution >= 4 is 59.6 Å². The van der Waals surface area contributed by atoms with Gasteiger partial charge in [-0.3, -0.25) is 0 Å². The first-order valence-corrected chi connectivity index (χ1v) is 7.93. The van der Waals surface area contributed by atoms with E-state index >= 15 is 0 Å². The number of hydrogen-bond donors (Lipinski definition) is 0. The van der Waals surface area contributed by atoms with E-state index in [0.717, 1.165) is 0 Å². The zero-order chi connectivity index (χ0) is 4.00. The van der Waals surface area contributed by atoms with E-state index in [4.69, 9.17) is 0 Å². The maximum Gasteiger partial charge on any atom is 0 e. The van der Waals surface area contributed by atoms with Crippen LogP contribution in [0.25, 0.3) is 0 Å². The monoisotopic (exact) mass is 382 g/mol. The first-order valence-electron chi connectivity index (χ1n) is 0.310. The fourth-order valence-electron chi connectivity index (χ4n) is 0. The van der Waals surface area contributed by atoms with E-state index in [1.807, 2.05) is 0 Å². The van der Waals surface area contributed by atoms with Crippen molar-refractivity contribution < 1.29 is 0 Å². The summed E-state index contributed by atoms with van der Waals surface area (Å²) in [5, 5.41) is 0. The Morgan fingerprint density at radius 3 is 0.625 bits per heavy atom. The van der Waals surface area contributed by atoms with Crippen LogP contribution in [-0.4, -0.2) is 0 Å². The predicted molar refractivity (Wildman–Crippen MR) is 69.7 cm³/mol. The van der Waals surface area contributed by atoms with Gasteiger partial charge < -0.3 is 0 Å².